The zero-order valence-electron chi connectivity index (χ0n) is 14.7. The number of halogens is 2. The summed E-state index contributed by atoms with van der Waals surface area (Å²) >= 11 is 7.91. The first kappa shape index (κ1) is 21.6. The fourth-order valence-corrected chi connectivity index (χ4v) is 3.72. The largest absolute Gasteiger partial charge is 0.351 e. The number of fused-ring (bicyclic) bond motifs is 1. The molecule has 0 saturated heterocycles. The van der Waals surface area contributed by atoms with E-state index in [2.05, 4.69) is 53.9 Å². The maximum absolute atomic E-state index is 8.49. The van der Waals surface area contributed by atoms with Crippen LogP contribution in [0.1, 0.15) is 11.9 Å². The second-order valence-electron chi connectivity index (χ2n) is 5.44. The van der Waals surface area contributed by atoms with Gasteiger partial charge in [0.2, 0.25) is 5.52 Å². The Labute approximate surface area is 168 Å². The van der Waals surface area contributed by atoms with E-state index in [0.29, 0.717) is 0 Å². The molecule has 0 aliphatic rings. The molecule has 3 rings (SSSR count). The lowest BCUT2D eigenvalue weighted by Crippen LogP contribution is -2.68. The summed E-state index contributed by atoms with van der Waals surface area (Å²) in [5.74, 6) is 0. The SMILES string of the molecule is CC[n+]1c(C=CN(C)c2ccccc2)sc2ccc(Cl)cc21.[O-][Cl+3]([O-])([O-])[O-]. The lowest BCUT2D eigenvalue weighted by Gasteiger charge is -2.17. The van der Waals surface area contributed by atoms with Crippen molar-refractivity contribution in [1.29, 1.82) is 0 Å². The van der Waals surface area contributed by atoms with Gasteiger partial charge >= 0.3 is 0 Å². The number of rotatable bonds is 4. The highest BCUT2D eigenvalue weighted by Gasteiger charge is 2.17. The molecular formula is C18H18Cl2N2O4S. The Balaban J connectivity index is 0.000000465. The van der Waals surface area contributed by atoms with Crippen LogP contribution in [0.25, 0.3) is 16.3 Å². The predicted molar refractivity (Wildman–Crippen MR) is 96.6 cm³/mol. The van der Waals surface area contributed by atoms with Crippen LogP contribution < -0.4 is 28.1 Å². The Bertz CT molecular complexity index is 905. The molecule has 9 heteroatoms. The number of anilines is 1. The summed E-state index contributed by atoms with van der Waals surface area (Å²) < 4.78 is 37.5. The summed E-state index contributed by atoms with van der Waals surface area (Å²) in [6.07, 6.45) is 4.27. The van der Waals surface area contributed by atoms with Crippen molar-refractivity contribution in [2.75, 3.05) is 11.9 Å². The predicted octanol–water partition coefficient (Wildman–Crippen LogP) is 0.213. The first-order chi connectivity index (χ1) is 12.7. The van der Waals surface area contributed by atoms with Gasteiger partial charge in [0.05, 0.1) is 0 Å². The average Bonchev–Trinajstić information content (AvgIpc) is 2.95. The van der Waals surface area contributed by atoms with Crippen molar-refractivity contribution < 1.29 is 33.4 Å². The van der Waals surface area contributed by atoms with Gasteiger partial charge in [-0.3, -0.25) is 0 Å². The number of nitrogens with zero attached hydrogens (tertiary/aromatic N) is 2. The Hall–Kier alpha value is -1.71. The highest BCUT2D eigenvalue weighted by Crippen LogP contribution is 2.25. The molecule has 0 fully saturated rings. The van der Waals surface area contributed by atoms with E-state index in [0.717, 1.165) is 11.6 Å². The van der Waals surface area contributed by atoms with Crippen LogP contribution in [0.15, 0.2) is 54.7 Å². The molecule has 0 amide bonds. The van der Waals surface area contributed by atoms with E-state index in [1.54, 1.807) is 11.3 Å². The summed E-state index contributed by atoms with van der Waals surface area (Å²) in [5.41, 5.74) is 2.37. The van der Waals surface area contributed by atoms with Gasteiger partial charge in [-0.05, 0) is 31.2 Å². The fourth-order valence-electron chi connectivity index (χ4n) is 2.45. The van der Waals surface area contributed by atoms with Crippen molar-refractivity contribution in [3.8, 4) is 0 Å². The first-order valence-corrected chi connectivity index (χ1v) is 10.3. The van der Waals surface area contributed by atoms with Crippen LogP contribution in [0.4, 0.5) is 5.69 Å². The third-order valence-electron chi connectivity index (χ3n) is 3.61. The van der Waals surface area contributed by atoms with Crippen molar-refractivity contribution in [3.63, 3.8) is 0 Å². The van der Waals surface area contributed by atoms with Gasteiger partial charge in [0.15, 0.2) is 0 Å². The van der Waals surface area contributed by atoms with Crippen molar-refractivity contribution in [2.24, 2.45) is 0 Å². The summed E-state index contributed by atoms with van der Waals surface area (Å²) in [6.45, 7) is 3.08. The molecule has 0 radical (unpaired) electrons. The lowest BCUT2D eigenvalue weighted by molar-refractivity contribution is -2.00. The normalized spacial score (nSPS) is 11.5. The minimum atomic E-state index is -4.94. The maximum Gasteiger partial charge on any atom is 0.264 e. The zero-order valence-corrected chi connectivity index (χ0v) is 17.0. The zero-order chi connectivity index (χ0) is 20.0. The molecule has 0 spiro atoms. The van der Waals surface area contributed by atoms with E-state index in [1.165, 1.54) is 20.9 Å². The van der Waals surface area contributed by atoms with Gasteiger partial charge in [0.1, 0.15) is 11.2 Å². The number of hydrogen-bond acceptors (Lipinski definition) is 6. The molecule has 0 bridgehead atoms. The molecule has 0 atom stereocenters. The van der Waals surface area contributed by atoms with Gasteiger partial charge in [-0.2, -0.15) is 4.57 Å². The van der Waals surface area contributed by atoms with Gasteiger partial charge in [0, 0.05) is 36.1 Å². The molecule has 0 aliphatic heterocycles. The summed E-state index contributed by atoms with van der Waals surface area (Å²) in [4.78, 5) is 2.12. The topological polar surface area (TPSA) is 99.4 Å². The molecule has 6 nitrogen and oxygen atoms in total. The molecule has 0 aliphatic carbocycles. The second-order valence-corrected chi connectivity index (χ2v) is 7.69. The molecule has 1 heterocycles. The van der Waals surface area contributed by atoms with Gasteiger partial charge < -0.3 is 4.90 Å². The molecular weight excluding hydrogens is 411 g/mol. The number of thiazole rings is 1. The van der Waals surface area contributed by atoms with Crippen molar-refractivity contribution in [1.82, 2.24) is 0 Å². The summed E-state index contributed by atoms with van der Waals surface area (Å²) in [6, 6.07) is 16.4. The number of hydrogen-bond donors (Lipinski definition) is 0. The third kappa shape index (κ3) is 6.75. The molecule has 3 aromatic rings. The van der Waals surface area contributed by atoms with Crippen LogP contribution >= 0.6 is 22.9 Å². The Morgan fingerprint density at radius 3 is 2.33 bits per heavy atom. The average molecular weight is 429 g/mol. The van der Waals surface area contributed by atoms with Crippen molar-refractivity contribution in [3.05, 3.63) is 64.8 Å². The van der Waals surface area contributed by atoms with E-state index < -0.39 is 10.2 Å². The molecule has 0 saturated carbocycles. The van der Waals surface area contributed by atoms with Crippen LogP contribution in [-0.4, -0.2) is 7.05 Å². The Morgan fingerprint density at radius 2 is 1.74 bits per heavy atom. The van der Waals surface area contributed by atoms with Crippen LogP contribution in [0, 0.1) is 10.2 Å². The van der Waals surface area contributed by atoms with Crippen molar-refractivity contribution in [2.45, 2.75) is 13.5 Å². The maximum atomic E-state index is 8.49. The standard InChI is InChI=1S/C18H18ClN2S.ClHO4/c1-3-21-16-13-14(19)9-10-17(16)22-18(21)11-12-20(2)15-7-5-4-6-8-15;2-1(3,4)5/h4-13H,3H2,1-2H3;(H,2,3,4,5)/q+1;/p-1. The number of benzene rings is 2. The van der Waals surface area contributed by atoms with Crippen LogP contribution in [0.5, 0.6) is 0 Å². The quantitative estimate of drug-likeness (QED) is 0.553. The summed E-state index contributed by atoms with van der Waals surface area (Å²) in [5, 5.41) is 2.01. The van der Waals surface area contributed by atoms with Gasteiger partial charge in [-0.25, -0.2) is 18.6 Å². The summed E-state index contributed by atoms with van der Waals surface area (Å²) in [7, 11) is -2.88. The molecule has 27 heavy (non-hydrogen) atoms. The molecule has 1 aromatic heterocycles. The highest BCUT2D eigenvalue weighted by atomic mass is 35.7. The first-order valence-electron chi connectivity index (χ1n) is 7.88. The van der Waals surface area contributed by atoms with Crippen LogP contribution in [0.3, 0.4) is 0 Å². The van der Waals surface area contributed by atoms with E-state index >= 15 is 0 Å². The third-order valence-corrected chi connectivity index (χ3v) is 4.98. The highest BCUT2D eigenvalue weighted by molar-refractivity contribution is 7.18. The molecule has 0 unspecified atom stereocenters. The number of aromatic nitrogens is 1. The lowest BCUT2D eigenvalue weighted by atomic mass is 10.3. The smallest absolute Gasteiger partial charge is 0.264 e. The van der Waals surface area contributed by atoms with E-state index in [4.69, 9.17) is 30.2 Å². The molecule has 0 N–H and O–H groups in total. The van der Waals surface area contributed by atoms with Crippen molar-refractivity contribution >= 4 is 44.9 Å². The molecule has 144 valence electrons. The van der Waals surface area contributed by atoms with E-state index in [9.17, 15) is 0 Å². The second kappa shape index (κ2) is 9.48. The van der Waals surface area contributed by atoms with Gasteiger partial charge in [0.25, 0.3) is 5.01 Å². The number of para-hydroxylation sites is 1. The van der Waals surface area contributed by atoms with E-state index in [1.807, 2.05) is 30.3 Å². The molecule has 2 aromatic carbocycles. The van der Waals surface area contributed by atoms with Gasteiger partial charge in [-0.1, -0.05) is 41.1 Å². The number of aryl methyl sites for hydroxylation is 1. The monoisotopic (exact) mass is 428 g/mol. The van der Waals surface area contributed by atoms with E-state index in [-0.39, 0.29) is 0 Å². The van der Waals surface area contributed by atoms with Gasteiger partial charge in [-0.15, -0.1) is 10.2 Å². The van der Waals surface area contributed by atoms with Crippen LogP contribution in [-0.2, 0) is 6.54 Å². The Kier molecular flexibility index (Phi) is 7.58. The van der Waals surface area contributed by atoms with Crippen LogP contribution in [0.2, 0.25) is 5.02 Å². The minimum Gasteiger partial charge on any atom is -0.351 e. The Morgan fingerprint density at radius 1 is 1.11 bits per heavy atom. The fraction of sp³-hybridized carbons (Fsp3) is 0.167. The minimum absolute atomic E-state index is 0.782.